The third kappa shape index (κ3) is 1.92. The molecule has 5 heteroatoms. The van der Waals surface area contributed by atoms with Gasteiger partial charge in [-0.05, 0) is 30.3 Å². The Hall–Kier alpha value is -2.59. The SMILES string of the molecule is O=c1oc2ccccc2c2nn(-c3cccc(Cl)c3)cc12. The number of fused-ring (bicyclic) bond motifs is 3. The smallest absolute Gasteiger partial charge is 0.347 e. The average Bonchev–Trinajstić information content (AvgIpc) is 2.93. The molecule has 0 saturated heterocycles. The summed E-state index contributed by atoms with van der Waals surface area (Å²) in [6.45, 7) is 0. The van der Waals surface area contributed by atoms with Crippen LogP contribution in [0, 0.1) is 0 Å². The lowest BCUT2D eigenvalue weighted by Crippen LogP contribution is -1.97. The lowest BCUT2D eigenvalue weighted by Gasteiger charge is -2.00. The first-order valence-corrected chi connectivity index (χ1v) is 6.77. The highest BCUT2D eigenvalue weighted by Crippen LogP contribution is 2.23. The monoisotopic (exact) mass is 296 g/mol. The van der Waals surface area contributed by atoms with Crippen molar-refractivity contribution in [3.05, 3.63) is 70.2 Å². The Balaban J connectivity index is 2.08. The minimum absolute atomic E-state index is 0.392. The molecular formula is C16H9ClN2O2. The molecule has 0 radical (unpaired) electrons. The highest BCUT2D eigenvalue weighted by Gasteiger charge is 2.12. The molecule has 4 aromatic rings. The van der Waals surface area contributed by atoms with Crippen molar-refractivity contribution in [3.8, 4) is 5.69 Å². The first-order valence-electron chi connectivity index (χ1n) is 6.39. The Bertz CT molecular complexity index is 1030. The van der Waals surface area contributed by atoms with Gasteiger partial charge in [-0.3, -0.25) is 0 Å². The Kier molecular flexibility index (Phi) is 2.59. The topological polar surface area (TPSA) is 48.0 Å². The Morgan fingerprint density at radius 2 is 1.90 bits per heavy atom. The fourth-order valence-corrected chi connectivity index (χ4v) is 2.56. The van der Waals surface area contributed by atoms with E-state index in [4.69, 9.17) is 16.0 Å². The molecule has 0 atom stereocenters. The molecule has 0 spiro atoms. The molecule has 2 heterocycles. The standard InChI is InChI=1S/C16H9ClN2O2/c17-10-4-3-5-11(8-10)19-9-13-15(18-19)12-6-1-2-7-14(12)21-16(13)20/h1-9H. The maximum Gasteiger partial charge on any atom is 0.347 e. The van der Waals surface area contributed by atoms with E-state index in [-0.39, 0.29) is 0 Å². The van der Waals surface area contributed by atoms with Crippen LogP contribution in [0.25, 0.3) is 27.6 Å². The maximum atomic E-state index is 12.1. The normalized spacial score (nSPS) is 11.3. The Morgan fingerprint density at radius 1 is 1.05 bits per heavy atom. The molecule has 0 aliphatic heterocycles. The number of hydrogen-bond acceptors (Lipinski definition) is 3. The summed E-state index contributed by atoms with van der Waals surface area (Å²) < 4.78 is 6.95. The number of benzene rings is 2. The average molecular weight is 297 g/mol. The molecule has 0 saturated carbocycles. The van der Waals surface area contributed by atoms with Crippen molar-refractivity contribution in [2.75, 3.05) is 0 Å². The number of nitrogens with zero attached hydrogens (tertiary/aromatic N) is 2. The molecule has 4 rings (SSSR count). The van der Waals surface area contributed by atoms with Gasteiger partial charge >= 0.3 is 5.63 Å². The van der Waals surface area contributed by atoms with Crippen LogP contribution in [0.4, 0.5) is 0 Å². The lowest BCUT2D eigenvalue weighted by molar-refractivity contribution is 0.569. The molecule has 21 heavy (non-hydrogen) atoms. The summed E-state index contributed by atoms with van der Waals surface area (Å²) in [6.07, 6.45) is 1.67. The Morgan fingerprint density at radius 3 is 2.76 bits per heavy atom. The molecular weight excluding hydrogens is 288 g/mol. The molecule has 0 unspecified atom stereocenters. The summed E-state index contributed by atoms with van der Waals surface area (Å²) in [6, 6.07) is 14.6. The molecule has 102 valence electrons. The van der Waals surface area contributed by atoms with Gasteiger partial charge in [-0.15, -0.1) is 0 Å². The third-order valence-corrected chi connectivity index (χ3v) is 3.59. The third-order valence-electron chi connectivity index (χ3n) is 3.35. The number of para-hydroxylation sites is 1. The summed E-state index contributed by atoms with van der Waals surface area (Å²) in [7, 11) is 0. The van der Waals surface area contributed by atoms with Crippen molar-refractivity contribution in [1.82, 2.24) is 9.78 Å². The van der Waals surface area contributed by atoms with E-state index in [0.717, 1.165) is 11.1 Å². The largest absolute Gasteiger partial charge is 0.422 e. The molecule has 0 aliphatic carbocycles. The van der Waals surface area contributed by atoms with Crippen LogP contribution in [0.2, 0.25) is 5.02 Å². The van der Waals surface area contributed by atoms with Crippen molar-refractivity contribution in [1.29, 1.82) is 0 Å². The summed E-state index contributed by atoms with van der Waals surface area (Å²) in [5.41, 5.74) is 1.56. The van der Waals surface area contributed by atoms with Crippen molar-refractivity contribution < 1.29 is 4.42 Å². The van der Waals surface area contributed by atoms with Gasteiger partial charge in [0.25, 0.3) is 0 Å². The van der Waals surface area contributed by atoms with Crippen molar-refractivity contribution in [2.24, 2.45) is 0 Å². The molecule has 0 amide bonds. The minimum Gasteiger partial charge on any atom is -0.422 e. The van der Waals surface area contributed by atoms with Crippen LogP contribution in [-0.4, -0.2) is 9.78 Å². The van der Waals surface area contributed by atoms with Gasteiger partial charge in [0, 0.05) is 16.6 Å². The molecule has 0 N–H and O–H groups in total. The summed E-state index contributed by atoms with van der Waals surface area (Å²) >= 11 is 6.00. The first-order chi connectivity index (χ1) is 10.2. The van der Waals surface area contributed by atoms with Crippen LogP contribution in [0.1, 0.15) is 0 Å². The van der Waals surface area contributed by atoms with Crippen LogP contribution in [0.3, 0.4) is 0 Å². The molecule has 0 bridgehead atoms. The van der Waals surface area contributed by atoms with E-state index >= 15 is 0 Å². The van der Waals surface area contributed by atoms with E-state index < -0.39 is 5.63 Å². The number of hydrogen-bond donors (Lipinski definition) is 0. The zero-order valence-corrected chi connectivity index (χ0v) is 11.5. The van der Waals surface area contributed by atoms with Gasteiger partial charge < -0.3 is 4.42 Å². The lowest BCUT2D eigenvalue weighted by atomic mass is 10.2. The molecule has 0 fully saturated rings. The summed E-state index contributed by atoms with van der Waals surface area (Å²) in [4.78, 5) is 12.1. The van der Waals surface area contributed by atoms with Crippen LogP contribution in [0.15, 0.2) is 63.9 Å². The number of halogens is 1. The van der Waals surface area contributed by atoms with E-state index in [0.29, 0.717) is 21.5 Å². The Labute approximate surface area is 124 Å². The van der Waals surface area contributed by atoms with Crippen LogP contribution >= 0.6 is 11.6 Å². The molecule has 2 aromatic heterocycles. The predicted molar refractivity (Wildman–Crippen MR) is 82.1 cm³/mol. The van der Waals surface area contributed by atoms with E-state index in [1.807, 2.05) is 30.3 Å². The fraction of sp³-hybridized carbons (Fsp3) is 0. The van der Waals surface area contributed by atoms with Gasteiger partial charge in [-0.1, -0.05) is 29.8 Å². The van der Waals surface area contributed by atoms with Gasteiger partial charge in [0.05, 0.1) is 5.69 Å². The summed E-state index contributed by atoms with van der Waals surface area (Å²) in [5, 5.41) is 6.39. The van der Waals surface area contributed by atoms with Crippen LogP contribution < -0.4 is 5.63 Å². The van der Waals surface area contributed by atoms with Gasteiger partial charge in [-0.2, -0.15) is 5.10 Å². The van der Waals surface area contributed by atoms with Gasteiger partial charge in [-0.25, -0.2) is 9.48 Å². The first kappa shape index (κ1) is 12.2. The second-order valence-corrected chi connectivity index (χ2v) is 5.14. The highest BCUT2D eigenvalue weighted by molar-refractivity contribution is 6.30. The van der Waals surface area contributed by atoms with Crippen LogP contribution in [0.5, 0.6) is 0 Å². The zero-order valence-electron chi connectivity index (χ0n) is 10.8. The van der Waals surface area contributed by atoms with E-state index in [9.17, 15) is 4.79 Å². The van der Waals surface area contributed by atoms with Gasteiger partial charge in [0.1, 0.15) is 16.5 Å². The van der Waals surface area contributed by atoms with Gasteiger partial charge in [0.15, 0.2) is 0 Å². The minimum atomic E-state index is -0.392. The highest BCUT2D eigenvalue weighted by atomic mass is 35.5. The second kappa shape index (κ2) is 4.46. The predicted octanol–water partition coefficient (Wildman–Crippen LogP) is 3.79. The van der Waals surface area contributed by atoms with Crippen LogP contribution in [-0.2, 0) is 0 Å². The fourth-order valence-electron chi connectivity index (χ4n) is 2.38. The number of aromatic nitrogens is 2. The zero-order chi connectivity index (χ0) is 14.4. The number of rotatable bonds is 1. The van der Waals surface area contributed by atoms with Crippen molar-refractivity contribution >= 4 is 33.5 Å². The quantitative estimate of drug-likeness (QED) is 0.502. The van der Waals surface area contributed by atoms with E-state index in [1.165, 1.54) is 0 Å². The van der Waals surface area contributed by atoms with Crippen molar-refractivity contribution in [2.45, 2.75) is 0 Å². The maximum absolute atomic E-state index is 12.1. The van der Waals surface area contributed by atoms with E-state index in [2.05, 4.69) is 5.10 Å². The van der Waals surface area contributed by atoms with Gasteiger partial charge in [0.2, 0.25) is 0 Å². The van der Waals surface area contributed by atoms with Crippen molar-refractivity contribution in [3.63, 3.8) is 0 Å². The molecule has 2 aromatic carbocycles. The molecule has 0 aliphatic rings. The second-order valence-electron chi connectivity index (χ2n) is 4.70. The molecule has 4 nitrogen and oxygen atoms in total. The van der Waals surface area contributed by atoms with E-state index in [1.54, 1.807) is 29.1 Å². The summed E-state index contributed by atoms with van der Waals surface area (Å²) in [5.74, 6) is 0.